The Kier molecular flexibility index (Phi) is 3.22. The first kappa shape index (κ1) is 13.1. The number of carbonyl (C=O) groups is 1. The third-order valence-electron chi connectivity index (χ3n) is 4.16. The van der Waals surface area contributed by atoms with Crippen LogP contribution in [0.3, 0.4) is 0 Å². The molecule has 2 atom stereocenters. The van der Waals surface area contributed by atoms with Gasteiger partial charge < -0.3 is 14.4 Å². The van der Waals surface area contributed by atoms with Gasteiger partial charge >= 0.3 is 5.97 Å². The number of hydrogen-bond acceptors (Lipinski definition) is 3. The molecule has 5 nitrogen and oxygen atoms in total. The van der Waals surface area contributed by atoms with Gasteiger partial charge in [-0.25, -0.2) is 9.78 Å². The van der Waals surface area contributed by atoms with Crippen LogP contribution in [0.25, 0.3) is 11.0 Å². The van der Waals surface area contributed by atoms with Gasteiger partial charge in [0.15, 0.2) is 0 Å². The molecule has 1 aromatic heterocycles. The van der Waals surface area contributed by atoms with Gasteiger partial charge in [0.2, 0.25) is 0 Å². The molecule has 20 heavy (non-hydrogen) atoms. The van der Waals surface area contributed by atoms with E-state index in [-0.39, 0.29) is 11.7 Å². The summed E-state index contributed by atoms with van der Waals surface area (Å²) < 4.78 is 7.77. The van der Waals surface area contributed by atoms with Crippen LogP contribution in [-0.4, -0.2) is 33.8 Å². The molecule has 1 aliphatic rings. The summed E-state index contributed by atoms with van der Waals surface area (Å²) in [6, 6.07) is 5.42. The fourth-order valence-electron chi connectivity index (χ4n) is 3.25. The topological polar surface area (TPSA) is 64.4 Å². The third-order valence-corrected chi connectivity index (χ3v) is 4.16. The molecular formula is C15H18N2O3. The monoisotopic (exact) mass is 274 g/mol. The van der Waals surface area contributed by atoms with Crippen molar-refractivity contribution < 1.29 is 14.6 Å². The lowest BCUT2D eigenvalue weighted by molar-refractivity contribution is 0.0697. The van der Waals surface area contributed by atoms with Crippen LogP contribution in [0, 0.1) is 6.92 Å². The van der Waals surface area contributed by atoms with Crippen molar-refractivity contribution in [2.75, 3.05) is 7.11 Å². The number of carboxylic acid groups (broad SMARTS) is 1. The number of carboxylic acids is 1. The molecule has 3 rings (SSSR count). The van der Waals surface area contributed by atoms with Gasteiger partial charge in [-0.2, -0.15) is 0 Å². The van der Waals surface area contributed by atoms with Crippen LogP contribution < -0.4 is 0 Å². The van der Waals surface area contributed by atoms with E-state index in [2.05, 4.69) is 9.55 Å². The summed E-state index contributed by atoms with van der Waals surface area (Å²) in [7, 11) is 1.75. The van der Waals surface area contributed by atoms with Crippen LogP contribution >= 0.6 is 0 Å². The zero-order chi connectivity index (χ0) is 14.3. The quantitative estimate of drug-likeness (QED) is 0.934. The summed E-state index contributed by atoms with van der Waals surface area (Å²) in [5.74, 6) is -0.00812. The highest BCUT2D eigenvalue weighted by Gasteiger charge is 2.30. The van der Waals surface area contributed by atoms with Crippen LogP contribution in [0.4, 0.5) is 0 Å². The first-order chi connectivity index (χ1) is 9.61. The van der Waals surface area contributed by atoms with Gasteiger partial charge in [0.25, 0.3) is 0 Å². The highest BCUT2D eigenvalue weighted by molar-refractivity contribution is 5.92. The number of aromatic carboxylic acids is 1. The fraction of sp³-hybridized carbons (Fsp3) is 0.467. The average Bonchev–Trinajstić information content (AvgIpc) is 2.99. The maximum atomic E-state index is 11.0. The van der Waals surface area contributed by atoms with Crippen molar-refractivity contribution in [3.8, 4) is 0 Å². The molecule has 0 radical (unpaired) electrons. The van der Waals surface area contributed by atoms with Crippen LogP contribution in [0.2, 0.25) is 0 Å². The van der Waals surface area contributed by atoms with Gasteiger partial charge in [-0.1, -0.05) is 0 Å². The Morgan fingerprint density at radius 2 is 2.25 bits per heavy atom. The summed E-state index contributed by atoms with van der Waals surface area (Å²) in [5.41, 5.74) is 2.00. The van der Waals surface area contributed by atoms with Crippen LogP contribution in [-0.2, 0) is 4.74 Å². The SMILES string of the molecule is COC1CCCC1n1c(C)nc2cc(C(=O)O)ccc21. The summed E-state index contributed by atoms with van der Waals surface area (Å²) in [4.78, 5) is 15.5. The lowest BCUT2D eigenvalue weighted by atomic mass is 10.1. The Morgan fingerprint density at radius 1 is 1.45 bits per heavy atom. The molecule has 1 N–H and O–H groups in total. The molecule has 0 spiro atoms. The summed E-state index contributed by atoms with van der Waals surface area (Å²) in [6.45, 7) is 1.96. The molecule has 106 valence electrons. The molecule has 0 saturated heterocycles. The van der Waals surface area contributed by atoms with Crippen LogP contribution in [0.5, 0.6) is 0 Å². The van der Waals surface area contributed by atoms with Crippen LogP contribution in [0.15, 0.2) is 18.2 Å². The van der Waals surface area contributed by atoms with E-state index in [0.717, 1.165) is 36.1 Å². The molecule has 0 bridgehead atoms. The van der Waals surface area contributed by atoms with Crippen molar-refractivity contribution in [2.45, 2.75) is 38.3 Å². The number of fused-ring (bicyclic) bond motifs is 1. The van der Waals surface area contributed by atoms with E-state index in [9.17, 15) is 4.79 Å². The second kappa shape index (κ2) is 4.90. The predicted octanol–water partition coefficient (Wildman–Crippen LogP) is 2.78. The highest BCUT2D eigenvalue weighted by Crippen LogP contribution is 2.35. The Bertz CT molecular complexity index is 662. The standard InChI is InChI=1S/C15H18N2O3/c1-9-16-11-8-10(15(18)19)6-7-12(11)17(9)13-4-3-5-14(13)20-2/h6-8,13-14H,3-5H2,1-2H3,(H,18,19). The Labute approximate surface area is 117 Å². The van der Waals surface area contributed by atoms with E-state index in [1.807, 2.05) is 13.0 Å². The molecule has 0 amide bonds. The fourth-order valence-corrected chi connectivity index (χ4v) is 3.25. The van der Waals surface area contributed by atoms with E-state index in [1.54, 1.807) is 19.2 Å². The lowest BCUT2D eigenvalue weighted by Gasteiger charge is -2.22. The van der Waals surface area contributed by atoms with Crippen molar-refractivity contribution in [1.29, 1.82) is 0 Å². The first-order valence-corrected chi connectivity index (χ1v) is 6.86. The minimum atomic E-state index is -0.922. The van der Waals surface area contributed by atoms with Gasteiger partial charge in [-0.05, 0) is 44.4 Å². The summed E-state index contributed by atoms with van der Waals surface area (Å²) in [6.07, 6.45) is 3.50. The van der Waals surface area contributed by atoms with E-state index >= 15 is 0 Å². The molecule has 0 aliphatic heterocycles. The first-order valence-electron chi connectivity index (χ1n) is 6.86. The van der Waals surface area contributed by atoms with Gasteiger partial charge in [0, 0.05) is 7.11 Å². The normalized spacial score (nSPS) is 22.5. The molecule has 1 fully saturated rings. The summed E-state index contributed by atoms with van der Waals surface area (Å²) in [5, 5.41) is 9.06. The zero-order valence-corrected chi connectivity index (χ0v) is 11.7. The summed E-state index contributed by atoms with van der Waals surface area (Å²) >= 11 is 0. The Hall–Kier alpha value is -1.88. The Morgan fingerprint density at radius 3 is 2.95 bits per heavy atom. The second-order valence-corrected chi connectivity index (χ2v) is 5.31. The van der Waals surface area contributed by atoms with Crippen LogP contribution in [0.1, 0.15) is 41.5 Å². The highest BCUT2D eigenvalue weighted by atomic mass is 16.5. The number of methoxy groups -OCH3 is 1. The molecule has 5 heteroatoms. The zero-order valence-electron chi connectivity index (χ0n) is 11.7. The van der Waals surface area contributed by atoms with E-state index < -0.39 is 5.97 Å². The third kappa shape index (κ3) is 1.98. The number of rotatable bonds is 3. The van der Waals surface area contributed by atoms with Crippen molar-refractivity contribution >= 4 is 17.0 Å². The van der Waals surface area contributed by atoms with Gasteiger partial charge in [-0.15, -0.1) is 0 Å². The number of hydrogen-bond donors (Lipinski definition) is 1. The van der Waals surface area contributed by atoms with Crippen molar-refractivity contribution in [1.82, 2.24) is 9.55 Å². The minimum Gasteiger partial charge on any atom is -0.478 e. The van der Waals surface area contributed by atoms with Crippen molar-refractivity contribution in [2.24, 2.45) is 0 Å². The largest absolute Gasteiger partial charge is 0.478 e. The van der Waals surface area contributed by atoms with Crippen molar-refractivity contribution in [3.05, 3.63) is 29.6 Å². The lowest BCUT2D eigenvalue weighted by Crippen LogP contribution is -2.21. The molecular weight excluding hydrogens is 256 g/mol. The molecule has 2 unspecified atom stereocenters. The molecule has 1 heterocycles. The molecule has 2 aromatic rings. The number of ether oxygens (including phenoxy) is 1. The van der Waals surface area contributed by atoms with E-state index in [1.165, 1.54) is 0 Å². The van der Waals surface area contributed by atoms with E-state index in [0.29, 0.717) is 6.04 Å². The maximum Gasteiger partial charge on any atom is 0.335 e. The number of imidazole rings is 1. The van der Waals surface area contributed by atoms with E-state index in [4.69, 9.17) is 9.84 Å². The van der Waals surface area contributed by atoms with Gasteiger partial charge in [0.05, 0.1) is 28.7 Å². The molecule has 1 saturated carbocycles. The van der Waals surface area contributed by atoms with Gasteiger partial charge in [0.1, 0.15) is 5.82 Å². The Balaban J connectivity index is 2.11. The number of nitrogens with zero attached hydrogens (tertiary/aromatic N) is 2. The number of aryl methyl sites for hydroxylation is 1. The van der Waals surface area contributed by atoms with Gasteiger partial charge in [-0.3, -0.25) is 0 Å². The second-order valence-electron chi connectivity index (χ2n) is 5.31. The average molecular weight is 274 g/mol. The number of aromatic nitrogens is 2. The maximum absolute atomic E-state index is 11.0. The molecule has 1 aromatic carbocycles. The van der Waals surface area contributed by atoms with Crippen molar-refractivity contribution in [3.63, 3.8) is 0 Å². The smallest absolute Gasteiger partial charge is 0.335 e. The predicted molar refractivity (Wildman–Crippen MR) is 75.1 cm³/mol. The minimum absolute atomic E-state index is 0.213. The number of benzene rings is 1. The molecule has 1 aliphatic carbocycles.